The van der Waals surface area contributed by atoms with Gasteiger partial charge in [0.05, 0.1) is 0 Å². The quantitative estimate of drug-likeness (QED) is 0.265. The monoisotopic (exact) mass is 582 g/mol. The predicted octanol–water partition coefficient (Wildman–Crippen LogP) is -15.0. The topological polar surface area (TPSA) is 0 Å². The molecule has 6 heavy (non-hydrogen) atoms. The summed E-state index contributed by atoms with van der Waals surface area (Å²) in [5.74, 6) is 0. The molecule has 47 valence electrons. The van der Waals surface area contributed by atoms with Gasteiger partial charge in [-0.25, -0.2) is 0 Å². The van der Waals surface area contributed by atoms with Crippen molar-refractivity contribution in [2.45, 2.75) is 0 Å². The van der Waals surface area contributed by atoms with Crippen LogP contribution in [-0.4, -0.2) is 0 Å². The van der Waals surface area contributed by atoms with Gasteiger partial charge < -0.3 is 84.9 Å². The Hall–Kier alpha value is 3.06. The van der Waals surface area contributed by atoms with E-state index in [-0.39, 0.29) is 105 Å². The molecule has 0 amide bonds. The molecule has 0 N–H and O–H groups in total. The van der Waals surface area contributed by atoms with Gasteiger partial charge in [0.15, 0.2) is 0 Å². The summed E-state index contributed by atoms with van der Waals surface area (Å²) in [6.07, 6.45) is 0. The van der Waals surface area contributed by atoms with Crippen molar-refractivity contribution in [3.8, 4) is 0 Å². The zero-order valence-electron chi connectivity index (χ0n) is 2.27. The van der Waals surface area contributed by atoms with Gasteiger partial charge in [0.25, 0.3) is 0 Å². The molecule has 0 aromatic rings. The summed E-state index contributed by atoms with van der Waals surface area (Å²) in [5, 5.41) is 0. The third-order valence-corrected chi connectivity index (χ3v) is 0. The SMILES string of the molecule is [Br-].[Br-].[Br-].[Br-].[Br-].[Re]. The van der Waals surface area contributed by atoms with Crippen LogP contribution in [0.25, 0.3) is 0 Å². The molecule has 6 heteroatoms. The molecule has 0 saturated carbocycles. The average Bonchev–Trinajstić information content (AvgIpc) is 0. The molecule has 0 aromatic heterocycles. The van der Waals surface area contributed by atoms with E-state index >= 15 is 0 Å². The van der Waals surface area contributed by atoms with Crippen LogP contribution >= 0.6 is 0 Å². The maximum absolute atomic E-state index is 0. The van der Waals surface area contributed by atoms with E-state index in [9.17, 15) is 0 Å². The van der Waals surface area contributed by atoms with E-state index in [1.54, 1.807) is 0 Å². The molecule has 0 fully saturated rings. The zero-order valence-corrected chi connectivity index (χ0v) is 12.9. The van der Waals surface area contributed by atoms with E-state index in [0.717, 1.165) is 0 Å². The van der Waals surface area contributed by atoms with Crippen molar-refractivity contribution in [1.29, 1.82) is 0 Å². The number of halogens is 5. The fourth-order valence-corrected chi connectivity index (χ4v) is 0. The fourth-order valence-electron chi connectivity index (χ4n) is 0. The number of hydrogen-bond donors (Lipinski definition) is 0. The van der Waals surface area contributed by atoms with Gasteiger partial charge in [-0.1, -0.05) is 0 Å². The first-order valence-corrected chi connectivity index (χ1v) is 0. The van der Waals surface area contributed by atoms with Crippen LogP contribution in [0.5, 0.6) is 0 Å². The first-order chi connectivity index (χ1) is 0. The second kappa shape index (κ2) is 42.9. The minimum atomic E-state index is 0. The van der Waals surface area contributed by atoms with Gasteiger partial charge in [-0.15, -0.1) is 0 Å². The van der Waals surface area contributed by atoms with Crippen LogP contribution in [0, 0.1) is 0 Å². The number of rotatable bonds is 0. The van der Waals surface area contributed by atoms with Gasteiger partial charge in [0.1, 0.15) is 0 Å². The molecule has 0 bridgehead atoms. The Kier molecular flexibility index (Phi) is 449. The van der Waals surface area contributed by atoms with Crippen molar-refractivity contribution in [1.82, 2.24) is 0 Å². The molecule has 0 aromatic carbocycles. The van der Waals surface area contributed by atoms with E-state index in [0.29, 0.717) is 0 Å². The van der Waals surface area contributed by atoms with Crippen LogP contribution in [0.3, 0.4) is 0 Å². The molecule has 0 spiro atoms. The second-order valence-corrected chi connectivity index (χ2v) is 0. The standard InChI is InChI=1S/5BrH.Re/h5*1H;/p-5. The van der Waals surface area contributed by atoms with Crippen LogP contribution in [-0.2, 0) is 20.4 Å². The van der Waals surface area contributed by atoms with Crippen molar-refractivity contribution in [2.75, 3.05) is 0 Å². The Bertz CT molecular complexity index is 3.90. The van der Waals surface area contributed by atoms with Crippen molar-refractivity contribution < 1.29 is 105 Å². The maximum atomic E-state index is 0. The average molecular weight is 586 g/mol. The fraction of sp³-hybridized carbons (Fsp3) is 0. The van der Waals surface area contributed by atoms with E-state index < -0.39 is 0 Å². The van der Waals surface area contributed by atoms with E-state index in [4.69, 9.17) is 0 Å². The predicted molar refractivity (Wildman–Crippen MR) is 0 cm³/mol. The largest absolute Gasteiger partial charge is 1.00 e. The van der Waals surface area contributed by atoms with Crippen LogP contribution in [0.15, 0.2) is 0 Å². The molecule has 0 aliphatic rings. The smallest absolute Gasteiger partial charge is 0 e. The normalized spacial score (nSPS) is 0. The Labute approximate surface area is 104 Å². The molecule has 0 unspecified atom stereocenters. The zero-order chi connectivity index (χ0) is 0. The second-order valence-electron chi connectivity index (χ2n) is 0. The summed E-state index contributed by atoms with van der Waals surface area (Å²) in [7, 11) is 0. The van der Waals surface area contributed by atoms with Gasteiger partial charge in [-0.05, 0) is 0 Å². The maximum Gasteiger partial charge on any atom is 0 e. The summed E-state index contributed by atoms with van der Waals surface area (Å²) in [5.41, 5.74) is 0. The summed E-state index contributed by atoms with van der Waals surface area (Å²) in [6, 6.07) is 0. The van der Waals surface area contributed by atoms with E-state index in [1.165, 1.54) is 0 Å². The minimum absolute atomic E-state index is 0. The first kappa shape index (κ1) is 62.8. The van der Waals surface area contributed by atoms with Gasteiger partial charge in [-0.2, -0.15) is 0 Å². The molecule has 0 saturated heterocycles. The summed E-state index contributed by atoms with van der Waals surface area (Å²) < 4.78 is 0. The van der Waals surface area contributed by atoms with Gasteiger partial charge in [0.2, 0.25) is 0 Å². The molecule has 0 aliphatic carbocycles. The summed E-state index contributed by atoms with van der Waals surface area (Å²) in [4.78, 5) is 0. The summed E-state index contributed by atoms with van der Waals surface area (Å²) in [6.45, 7) is 0. The minimum Gasteiger partial charge on any atom is -1.00 e. The van der Waals surface area contributed by atoms with Gasteiger partial charge in [0, 0.05) is 20.4 Å². The Morgan fingerprint density at radius 3 is 0.333 bits per heavy atom. The third kappa shape index (κ3) is 27.7. The Morgan fingerprint density at radius 2 is 0.333 bits per heavy atom. The van der Waals surface area contributed by atoms with Crippen LogP contribution in [0.4, 0.5) is 0 Å². The molecule has 0 heterocycles. The molecular formula is Br5Re-5. The van der Waals surface area contributed by atoms with Crippen molar-refractivity contribution in [3.63, 3.8) is 0 Å². The van der Waals surface area contributed by atoms with Crippen LogP contribution < -0.4 is 84.9 Å². The number of hydrogen-bond acceptors (Lipinski definition) is 0. The van der Waals surface area contributed by atoms with E-state index in [1.807, 2.05) is 0 Å². The molecule has 0 atom stereocenters. The first-order valence-electron chi connectivity index (χ1n) is 0. The summed E-state index contributed by atoms with van der Waals surface area (Å²) >= 11 is 0. The molecule has 0 nitrogen and oxygen atoms in total. The van der Waals surface area contributed by atoms with Crippen molar-refractivity contribution >= 4 is 0 Å². The molecule has 0 rings (SSSR count). The van der Waals surface area contributed by atoms with E-state index in [2.05, 4.69) is 0 Å². The Balaban J connectivity index is 0. The van der Waals surface area contributed by atoms with Crippen molar-refractivity contribution in [3.05, 3.63) is 0 Å². The van der Waals surface area contributed by atoms with Gasteiger partial charge >= 0.3 is 0 Å². The van der Waals surface area contributed by atoms with Crippen LogP contribution in [0.2, 0.25) is 0 Å². The molecule has 0 aliphatic heterocycles. The third-order valence-electron chi connectivity index (χ3n) is 0. The molecule has 1 radical (unpaired) electrons. The Morgan fingerprint density at radius 1 is 0.333 bits per heavy atom. The van der Waals surface area contributed by atoms with Gasteiger partial charge in [-0.3, -0.25) is 0 Å². The van der Waals surface area contributed by atoms with Crippen LogP contribution in [0.1, 0.15) is 0 Å². The molecular weight excluding hydrogens is 586 g/mol. The van der Waals surface area contributed by atoms with Crippen molar-refractivity contribution in [2.24, 2.45) is 0 Å².